The maximum Gasteiger partial charge on any atom is 0.243 e. The summed E-state index contributed by atoms with van der Waals surface area (Å²) in [4.78, 5) is 2.20. The number of hydrogen-bond acceptors (Lipinski definition) is 6. The van der Waals surface area contributed by atoms with Crippen LogP contribution in [0.2, 0.25) is 0 Å². The standard InChI is InChI=1S/C18H27N3O5S2/c1-24-16-6-5-15(12-17(16)25-2)28(22,23)21-9-7-20(8-10-21)18(27)19-13-14-4-3-11-26-14/h5-6,12,14H,3-4,7-11,13H2,1-2H3,(H,19,27)/t14-/m0/s1. The van der Waals surface area contributed by atoms with Gasteiger partial charge in [-0.3, -0.25) is 0 Å². The topological polar surface area (TPSA) is 80.3 Å². The molecule has 0 amide bonds. The molecule has 0 saturated carbocycles. The van der Waals surface area contributed by atoms with Gasteiger partial charge in [0.2, 0.25) is 10.0 Å². The molecule has 0 aliphatic carbocycles. The van der Waals surface area contributed by atoms with Gasteiger partial charge in [-0.15, -0.1) is 0 Å². The summed E-state index contributed by atoms with van der Waals surface area (Å²) < 4.78 is 43.4. The molecule has 2 aliphatic heterocycles. The van der Waals surface area contributed by atoms with E-state index in [1.165, 1.54) is 30.7 Å². The third-order valence-electron chi connectivity index (χ3n) is 5.02. The first-order chi connectivity index (χ1) is 13.5. The van der Waals surface area contributed by atoms with Gasteiger partial charge < -0.3 is 24.4 Å². The molecule has 0 unspecified atom stereocenters. The van der Waals surface area contributed by atoms with Crippen LogP contribution in [0.1, 0.15) is 12.8 Å². The van der Waals surface area contributed by atoms with Crippen molar-refractivity contribution in [1.82, 2.24) is 14.5 Å². The maximum atomic E-state index is 13.0. The summed E-state index contributed by atoms with van der Waals surface area (Å²) in [5.74, 6) is 0.885. The molecule has 2 aliphatic rings. The van der Waals surface area contributed by atoms with Crippen LogP contribution in [0.4, 0.5) is 0 Å². The van der Waals surface area contributed by atoms with Crippen LogP contribution in [-0.4, -0.2) is 82.4 Å². The minimum absolute atomic E-state index is 0.192. The molecule has 10 heteroatoms. The first-order valence-corrected chi connectivity index (χ1v) is 11.2. The lowest BCUT2D eigenvalue weighted by atomic mass is 10.2. The second-order valence-corrected chi connectivity index (χ2v) is 9.05. The van der Waals surface area contributed by atoms with E-state index in [1.807, 2.05) is 4.90 Å². The van der Waals surface area contributed by atoms with Crippen molar-refractivity contribution in [2.45, 2.75) is 23.8 Å². The molecule has 0 spiro atoms. The lowest BCUT2D eigenvalue weighted by molar-refractivity contribution is 0.113. The van der Waals surface area contributed by atoms with Gasteiger partial charge in [-0.1, -0.05) is 0 Å². The van der Waals surface area contributed by atoms with Crippen molar-refractivity contribution >= 4 is 27.4 Å². The zero-order valence-corrected chi connectivity index (χ0v) is 17.9. The fourth-order valence-corrected chi connectivity index (χ4v) is 5.08. The minimum atomic E-state index is -3.61. The summed E-state index contributed by atoms with van der Waals surface area (Å²) in [7, 11) is -0.608. The third kappa shape index (κ3) is 4.68. The van der Waals surface area contributed by atoms with E-state index in [0.29, 0.717) is 49.3 Å². The molecule has 3 rings (SSSR count). The summed E-state index contributed by atoms with van der Waals surface area (Å²) >= 11 is 5.46. The Balaban J connectivity index is 1.58. The monoisotopic (exact) mass is 429 g/mol. The Labute approximate surface area is 171 Å². The van der Waals surface area contributed by atoms with E-state index in [-0.39, 0.29) is 11.0 Å². The van der Waals surface area contributed by atoms with Crippen molar-refractivity contribution in [2.75, 3.05) is 53.6 Å². The number of sulfonamides is 1. The van der Waals surface area contributed by atoms with Crippen LogP contribution in [0.3, 0.4) is 0 Å². The third-order valence-corrected chi connectivity index (χ3v) is 7.32. The molecule has 1 aromatic rings. The SMILES string of the molecule is COc1ccc(S(=O)(=O)N2CCN(C(=S)NC[C@@H]3CCCO3)CC2)cc1OC. The van der Waals surface area contributed by atoms with E-state index in [1.54, 1.807) is 6.07 Å². The molecule has 1 atom stereocenters. The molecular weight excluding hydrogens is 402 g/mol. The van der Waals surface area contributed by atoms with E-state index in [9.17, 15) is 8.42 Å². The van der Waals surface area contributed by atoms with Gasteiger partial charge >= 0.3 is 0 Å². The Hall–Kier alpha value is -1.62. The van der Waals surface area contributed by atoms with Crippen LogP contribution in [0.25, 0.3) is 0 Å². The lowest BCUT2D eigenvalue weighted by Gasteiger charge is -2.35. The Morgan fingerprint density at radius 3 is 2.54 bits per heavy atom. The largest absolute Gasteiger partial charge is 0.493 e. The van der Waals surface area contributed by atoms with Gasteiger partial charge in [-0.05, 0) is 37.2 Å². The molecule has 0 aromatic heterocycles. The van der Waals surface area contributed by atoms with Crippen LogP contribution >= 0.6 is 12.2 Å². The van der Waals surface area contributed by atoms with Crippen molar-refractivity contribution in [3.05, 3.63) is 18.2 Å². The fraction of sp³-hybridized carbons (Fsp3) is 0.611. The highest BCUT2D eigenvalue weighted by Crippen LogP contribution is 2.30. The Bertz CT molecular complexity index is 788. The number of rotatable bonds is 6. The smallest absolute Gasteiger partial charge is 0.243 e. The summed E-state index contributed by atoms with van der Waals surface area (Å²) in [6, 6.07) is 4.64. The number of ether oxygens (including phenoxy) is 3. The van der Waals surface area contributed by atoms with Gasteiger partial charge in [0.15, 0.2) is 16.6 Å². The molecule has 8 nitrogen and oxygen atoms in total. The number of methoxy groups -OCH3 is 2. The molecule has 28 heavy (non-hydrogen) atoms. The highest BCUT2D eigenvalue weighted by molar-refractivity contribution is 7.89. The van der Waals surface area contributed by atoms with Crippen LogP contribution in [0, 0.1) is 0 Å². The Morgan fingerprint density at radius 2 is 1.93 bits per heavy atom. The van der Waals surface area contributed by atoms with Gasteiger partial charge in [0.1, 0.15) is 0 Å². The number of thiocarbonyl (C=S) groups is 1. The molecule has 0 radical (unpaired) electrons. The van der Waals surface area contributed by atoms with Crippen molar-refractivity contribution in [2.24, 2.45) is 0 Å². The second kappa shape index (κ2) is 9.25. The zero-order chi connectivity index (χ0) is 20.1. The summed E-state index contributed by atoms with van der Waals surface area (Å²) in [5, 5.41) is 3.89. The molecule has 2 fully saturated rings. The summed E-state index contributed by atoms with van der Waals surface area (Å²) in [6.45, 7) is 3.35. The molecule has 1 aromatic carbocycles. The summed E-state index contributed by atoms with van der Waals surface area (Å²) in [5.41, 5.74) is 0. The predicted molar refractivity (Wildman–Crippen MR) is 109 cm³/mol. The average Bonchev–Trinajstić information content (AvgIpc) is 3.25. The fourth-order valence-electron chi connectivity index (χ4n) is 3.38. The predicted octanol–water partition coefficient (Wildman–Crippen LogP) is 1.06. The highest BCUT2D eigenvalue weighted by atomic mass is 32.2. The molecule has 2 saturated heterocycles. The normalized spacial score (nSPS) is 20.8. The number of benzene rings is 1. The van der Waals surface area contributed by atoms with E-state index in [2.05, 4.69) is 5.32 Å². The summed E-state index contributed by atoms with van der Waals surface area (Å²) in [6.07, 6.45) is 2.35. The van der Waals surface area contributed by atoms with Crippen molar-refractivity contribution in [1.29, 1.82) is 0 Å². The number of hydrogen-bond donors (Lipinski definition) is 1. The molecular formula is C18H27N3O5S2. The second-order valence-electron chi connectivity index (χ2n) is 6.73. The van der Waals surface area contributed by atoms with Crippen LogP contribution in [-0.2, 0) is 14.8 Å². The van der Waals surface area contributed by atoms with Gasteiger partial charge in [0.25, 0.3) is 0 Å². The van der Waals surface area contributed by atoms with E-state index in [0.717, 1.165) is 19.4 Å². The Morgan fingerprint density at radius 1 is 1.21 bits per heavy atom. The minimum Gasteiger partial charge on any atom is -0.493 e. The Kier molecular flexibility index (Phi) is 6.97. The lowest BCUT2D eigenvalue weighted by Crippen LogP contribution is -2.53. The van der Waals surface area contributed by atoms with Gasteiger partial charge in [-0.25, -0.2) is 8.42 Å². The quantitative estimate of drug-likeness (QED) is 0.673. The average molecular weight is 430 g/mol. The van der Waals surface area contributed by atoms with E-state index in [4.69, 9.17) is 26.4 Å². The molecule has 2 heterocycles. The molecule has 1 N–H and O–H groups in total. The van der Waals surface area contributed by atoms with Crippen molar-refractivity contribution in [3.63, 3.8) is 0 Å². The van der Waals surface area contributed by atoms with Gasteiger partial charge in [0, 0.05) is 45.4 Å². The van der Waals surface area contributed by atoms with E-state index >= 15 is 0 Å². The van der Waals surface area contributed by atoms with E-state index < -0.39 is 10.0 Å². The first-order valence-electron chi connectivity index (χ1n) is 9.32. The van der Waals surface area contributed by atoms with Gasteiger partial charge in [0.05, 0.1) is 25.2 Å². The highest BCUT2D eigenvalue weighted by Gasteiger charge is 2.30. The van der Waals surface area contributed by atoms with Crippen LogP contribution < -0.4 is 14.8 Å². The first kappa shape index (κ1) is 21.1. The maximum absolute atomic E-state index is 13.0. The number of nitrogens with one attached hydrogen (secondary N) is 1. The zero-order valence-electron chi connectivity index (χ0n) is 16.2. The van der Waals surface area contributed by atoms with Crippen LogP contribution in [0.15, 0.2) is 23.1 Å². The van der Waals surface area contributed by atoms with Crippen molar-refractivity contribution in [3.8, 4) is 11.5 Å². The van der Waals surface area contributed by atoms with Crippen molar-refractivity contribution < 1.29 is 22.6 Å². The van der Waals surface area contributed by atoms with Gasteiger partial charge in [-0.2, -0.15) is 4.31 Å². The number of piperazine rings is 1. The number of nitrogens with zero attached hydrogens (tertiary/aromatic N) is 2. The molecule has 156 valence electrons. The molecule has 0 bridgehead atoms. The van der Waals surface area contributed by atoms with Crippen LogP contribution in [0.5, 0.6) is 11.5 Å².